The van der Waals surface area contributed by atoms with Crippen LogP contribution in [-0.2, 0) is 0 Å². The van der Waals surface area contributed by atoms with E-state index in [1.807, 2.05) is 11.3 Å². The summed E-state index contributed by atoms with van der Waals surface area (Å²) in [5, 5.41) is 6.40. The van der Waals surface area contributed by atoms with E-state index in [4.69, 9.17) is 0 Å². The number of benzene rings is 4. The Morgan fingerprint density at radius 2 is 1.42 bits per heavy atom. The Morgan fingerprint density at radius 3 is 2.32 bits per heavy atom. The van der Waals surface area contributed by atoms with Gasteiger partial charge >= 0.3 is 0 Å². The molecule has 3 aromatic heterocycles. The molecule has 0 N–H and O–H groups in total. The van der Waals surface area contributed by atoms with E-state index in [1.54, 1.807) is 0 Å². The molecule has 0 spiro atoms. The summed E-state index contributed by atoms with van der Waals surface area (Å²) in [5.41, 5.74) is 4.94. The maximum atomic E-state index is 2.43. The molecule has 0 saturated carbocycles. The monoisotopic (exact) mass is 414 g/mol. The van der Waals surface area contributed by atoms with Crippen molar-refractivity contribution in [1.29, 1.82) is 0 Å². The molecule has 0 radical (unpaired) electrons. The van der Waals surface area contributed by atoms with Crippen LogP contribution in [0.5, 0.6) is 0 Å². The predicted octanol–water partition coefficient (Wildman–Crippen LogP) is 7.94. The number of nitrogens with zero attached hydrogens (tertiary/aromatic N) is 2. The highest BCUT2D eigenvalue weighted by Crippen LogP contribution is 2.40. The predicted molar refractivity (Wildman–Crippen MR) is 133 cm³/mol. The van der Waals surface area contributed by atoms with Crippen molar-refractivity contribution in [3.8, 4) is 10.7 Å². The van der Waals surface area contributed by atoms with Crippen LogP contribution in [0.2, 0.25) is 0 Å². The fourth-order valence-electron chi connectivity index (χ4n) is 4.80. The van der Waals surface area contributed by atoms with E-state index in [-0.39, 0.29) is 0 Å². The summed E-state index contributed by atoms with van der Waals surface area (Å²) in [5.74, 6) is 0. The molecule has 0 aliphatic rings. The molecule has 7 aromatic rings. The Morgan fingerprint density at radius 1 is 0.613 bits per heavy atom. The zero-order valence-corrected chi connectivity index (χ0v) is 17.5. The van der Waals surface area contributed by atoms with Gasteiger partial charge in [-0.05, 0) is 47.9 Å². The molecule has 0 bridgehead atoms. The number of hydrogen-bond donors (Lipinski definition) is 0. The summed E-state index contributed by atoms with van der Waals surface area (Å²) in [7, 11) is 0. The van der Waals surface area contributed by atoms with Crippen LogP contribution in [0.4, 0.5) is 0 Å². The lowest BCUT2D eigenvalue weighted by Gasteiger charge is -2.08. The minimum absolute atomic E-state index is 1.18. The summed E-state index contributed by atoms with van der Waals surface area (Å²) < 4.78 is 6.06. The van der Waals surface area contributed by atoms with Crippen LogP contribution in [0.1, 0.15) is 0 Å². The zero-order valence-electron chi connectivity index (χ0n) is 16.7. The van der Waals surface area contributed by atoms with Gasteiger partial charge in [-0.15, -0.1) is 11.3 Å². The number of thiophene rings is 1. The van der Waals surface area contributed by atoms with E-state index < -0.39 is 0 Å². The minimum Gasteiger partial charge on any atom is -0.316 e. The molecule has 0 fully saturated rings. The second-order valence-electron chi connectivity index (χ2n) is 7.89. The van der Waals surface area contributed by atoms with Crippen molar-refractivity contribution < 1.29 is 0 Å². The van der Waals surface area contributed by atoms with E-state index in [2.05, 4.69) is 118 Å². The van der Waals surface area contributed by atoms with E-state index in [0.29, 0.717) is 0 Å². The number of hydrogen-bond acceptors (Lipinski definition) is 1. The minimum atomic E-state index is 1.18. The van der Waals surface area contributed by atoms with Crippen molar-refractivity contribution >= 4 is 54.1 Å². The number of aromatic nitrogens is 2. The molecule has 0 atom stereocenters. The van der Waals surface area contributed by atoms with Crippen LogP contribution in [0.3, 0.4) is 0 Å². The number of rotatable bonds is 2. The summed E-state index contributed by atoms with van der Waals surface area (Å²) >= 11 is 1.85. The summed E-state index contributed by atoms with van der Waals surface area (Å²) in [4.78, 5) is 0. The second-order valence-corrected chi connectivity index (χ2v) is 8.96. The fourth-order valence-corrected chi connectivity index (χ4v) is 5.89. The normalized spacial score (nSPS) is 11.9. The lowest BCUT2D eigenvalue weighted by molar-refractivity contribution is 1.13. The van der Waals surface area contributed by atoms with Gasteiger partial charge in [-0.25, -0.2) is 0 Å². The smallest absolute Gasteiger partial charge is 0.101 e. The first-order valence-electron chi connectivity index (χ1n) is 10.5. The molecule has 2 nitrogen and oxygen atoms in total. The van der Waals surface area contributed by atoms with Crippen LogP contribution in [0.15, 0.2) is 109 Å². The summed E-state index contributed by atoms with van der Waals surface area (Å²) in [6.07, 6.45) is 2.19. The van der Waals surface area contributed by atoms with E-state index >= 15 is 0 Å². The standard InChI is InChI=1S/C28H18N2S/c1-2-9-21(10-3-1)29-17-16-19-14-15-24-27(28(19)29)22-11-5-6-12-23(22)30(24)26-18-20-8-4-7-13-25(20)31-26/h1-18H. The largest absolute Gasteiger partial charge is 0.316 e. The topological polar surface area (TPSA) is 9.86 Å². The first kappa shape index (κ1) is 16.9. The average molecular weight is 415 g/mol. The van der Waals surface area contributed by atoms with Gasteiger partial charge in [0.1, 0.15) is 5.00 Å². The van der Waals surface area contributed by atoms with Crippen molar-refractivity contribution in [3.63, 3.8) is 0 Å². The van der Waals surface area contributed by atoms with Crippen LogP contribution in [0, 0.1) is 0 Å². The van der Waals surface area contributed by atoms with Gasteiger partial charge in [-0.2, -0.15) is 0 Å². The van der Waals surface area contributed by atoms with Gasteiger partial charge in [0.2, 0.25) is 0 Å². The van der Waals surface area contributed by atoms with Gasteiger partial charge in [0.15, 0.2) is 0 Å². The van der Waals surface area contributed by atoms with Gasteiger partial charge in [-0.3, -0.25) is 0 Å². The SMILES string of the molecule is c1ccc(-n2ccc3ccc4c(c5ccccc5n4-c4cc5ccccc5s4)c32)cc1. The van der Waals surface area contributed by atoms with Gasteiger partial charge in [0.05, 0.1) is 16.6 Å². The second kappa shape index (κ2) is 6.34. The highest BCUT2D eigenvalue weighted by molar-refractivity contribution is 7.21. The van der Waals surface area contributed by atoms with Crippen molar-refractivity contribution in [3.05, 3.63) is 109 Å². The molecule has 7 rings (SSSR count). The third-order valence-electron chi connectivity index (χ3n) is 6.15. The van der Waals surface area contributed by atoms with E-state index in [0.717, 1.165) is 0 Å². The first-order chi connectivity index (χ1) is 15.4. The Hall–Kier alpha value is -3.82. The highest BCUT2D eigenvalue weighted by atomic mass is 32.1. The first-order valence-corrected chi connectivity index (χ1v) is 11.3. The number of fused-ring (bicyclic) bond motifs is 6. The molecule has 0 saturated heterocycles. The average Bonchev–Trinajstić information content (AvgIpc) is 3.52. The van der Waals surface area contributed by atoms with Crippen molar-refractivity contribution in [1.82, 2.24) is 9.13 Å². The molecule has 0 amide bonds. The quantitative estimate of drug-likeness (QED) is 0.272. The molecule has 31 heavy (non-hydrogen) atoms. The maximum Gasteiger partial charge on any atom is 0.101 e. The Balaban J connectivity index is 1.65. The molecular weight excluding hydrogens is 396 g/mol. The zero-order chi connectivity index (χ0) is 20.4. The lowest BCUT2D eigenvalue weighted by Crippen LogP contribution is -1.92. The Labute approximate surface area is 183 Å². The fraction of sp³-hybridized carbons (Fsp3) is 0. The van der Waals surface area contributed by atoms with Crippen LogP contribution < -0.4 is 0 Å². The Bertz CT molecular complexity index is 1700. The van der Waals surface area contributed by atoms with Crippen LogP contribution in [0.25, 0.3) is 53.5 Å². The van der Waals surface area contributed by atoms with Gasteiger partial charge < -0.3 is 9.13 Å². The van der Waals surface area contributed by atoms with Crippen molar-refractivity contribution in [2.24, 2.45) is 0 Å². The van der Waals surface area contributed by atoms with Gasteiger partial charge in [-0.1, -0.05) is 60.7 Å². The van der Waals surface area contributed by atoms with Crippen molar-refractivity contribution in [2.75, 3.05) is 0 Å². The molecule has 146 valence electrons. The molecule has 0 aliphatic carbocycles. The lowest BCUT2D eigenvalue weighted by atomic mass is 10.1. The van der Waals surface area contributed by atoms with E-state index in [1.165, 1.54) is 53.5 Å². The van der Waals surface area contributed by atoms with Gasteiger partial charge in [0.25, 0.3) is 0 Å². The summed E-state index contributed by atoms with van der Waals surface area (Å²) in [6, 6.07) is 37.1. The molecule has 3 heterocycles. The van der Waals surface area contributed by atoms with E-state index in [9.17, 15) is 0 Å². The van der Waals surface area contributed by atoms with Crippen LogP contribution >= 0.6 is 11.3 Å². The third-order valence-corrected chi connectivity index (χ3v) is 7.25. The molecule has 0 aliphatic heterocycles. The summed E-state index contributed by atoms with van der Waals surface area (Å²) in [6.45, 7) is 0. The Kier molecular flexibility index (Phi) is 3.46. The number of para-hydroxylation sites is 2. The van der Waals surface area contributed by atoms with Crippen molar-refractivity contribution in [2.45, 2.75) is 0 Å². The van der Waals surface area contributed by atoms with Gasteiger partial charge in [0, 0.05) is 32.7 Å². The molecular formula is C28H18N2S. The van der Waals surface area contributed by atoms with Crippen LogP contribution in [-0.4, -0.2) is 9.13 Å². The third kappa shape index (κ3) is 2.38. The molecule has 4 aromatic carbocycles. The maximum absolute atomic E-state index is 2.43. The molecule has 3 heteroatoms. The molecule has 0 unspecified atom stereocenters. The highest BCUT2D eigenvalue weighted by Gasteiger charge is 2.18.